The maximum atomic E-state index is 13.0. The predicted molar refractivity (Wildman–Crippen MR) is 112 cm³/mol. The van der Waals surface area contributed by atoms with Crippen molar-refractivity contribution in [2.75, 3.05) is 26.2 Å². The van der Waals surface area contributed by atoms with Crippen LogP contribution < -0.4 is 4.74 Å². The van der Waals surface area contributed by atoms with Gasteiger partial charge in [0.15, 0.2) is 0 Å². The Morgan fingerprint density at radius 1 is 0.931 bits per heavy atom. The summed E-state index contributed by atoms with van der Waals surface area (Å²) in [5.41, 5.74) is 2.47. The van der Waals surface area contributed by atoms with Gasteiger partial charge >= 0.3 is 0 Å². The zero-order valence-electron chi connectivity index (χ0n) is 17.0. The van der Waals surface area contributed by atoms with Crippen molar-refractivity contribution in [3.63, 3.8) is 0 Å². The summed E-state index contributed by atoms with van der Waals surface area (Å²) in [5.74, 6) is 0.916. The average molecular weight is 392 g/mol. The number of hydrogen-bond donors (Lipinski definition) is 0. The Labute approximate surface area is 172 Å². The summed E-state index contributed by atoms with van der Waals surface area (Å²) in [7, 11) is 0. The van der Waals surface area contributed by atoms with E-state index in [0.717, 1.165) is 62.2 Å². The molecule has 5 heteroatoms. The third kappa shape index (κ3) is 4.29. The number of amides is 2. The molecule has 0 aliphatic carbocycles. The first-order valence-corrected chi connectivity index (χ1v) is 10.5. The molecule has 2 amide bonds. The molecule has 1 atom stereocenters. The molecule has 2 aromatic rings. The van der Waals surface area contributed by atoms with Crippen LogP contribution in [0.5, 0.6) is 5.75 Å². The van der Waals surface area contributed by atoms with Crippen LogP contribution in [-0.4, -0.2) is 53.9 Å². The topological polar surface area (TPSA) is 49.9 Å². The second-order valence-corrected chi connectivity index (χ2v) is 7.94. The molecule has 0 spiro atoms. The molecule has 4 rings (SSSR count). The third-order valence-corrected chi connectivity index (χ3v) is 5.95. The average Bonchev–Trinajstić information content (AvgIpc) is 3.44. The van der Waals surface area contributed by atoms with Crippen molar-refractivity contribution in [1.29, 1.82) is 0 Å². The molecule has 0 radical (unpaired) electrons. The zero-order chi connectivity index (χ0) is 20.2. The Balaban J connectivity index is 1.36. The lowest BCUT2D eigenvalue weighted by Crippen LogP contribution is -2.39. The molecular formula is C24H28N2O3. The van der Waals surface area contributed by atoms with E-state index in [1.54, 1.807) is 0 Å². The minimum absolute atomic E-state index is 0.0769. The molecule has 0 N–H and O–H groups in total. The summed E-state index contributed by atoms with van der Waals surface area (Å²) in [6, 6.07) is 15.2. The first-order valence-electron chi connectivity index (χ1n) is 10.5. The van der Waals surface area contributed by atoms with Crippen LogP contribution in [0, 0.1) is 6.92 Å². The molecule has 0 saturated carbocycles. The molecule has 2 aliphatic heterocycles. The number of carbonyl (C=O) groups is 2. The molecular weight excluding hydrogens is 364 g/mol. The number of nitrogens with zero attached hydrogens (tertiary/aromatic N) is 2. The SMILES string of the molecule is Cc1ccccc1C(=O)N1CCC[C@@H]1COc1ccc(C(=O)N2CCCC2)cc1. The molecule has 0 unspecified atom stereocenters. The molecule has 2 fully saturated rings. The summed E-state index contributed by atoms with van der Waals surface area (Å²) in [6.07, 6.45) is 4.12. The lowest BCUT2D eigenvalue weighted by Gasteiger charge is -2.25. The minimum atomic E-state index is 0.0769. The number of carbonyl (C=O) groups excluding carboxylic acids is 2. The van der Waals surface area contributed by atoms with Gasteiger partial charge in [-0.3, -0.25) is 9.59 Å². The maximum absolute atomic E-state index is 13.0. The van der Waals surface area contributed by atoms with E-state index in [1.807, 2.05) is 65.3 Å². The van der Waals surface area contributed by atoms with Gasteiger partial charge in [0, 0.05) is 30.8 Å². The Morgan fingerprint density at radius 2 is 1.66 bits per heavy atom. The van der Waals surface area contributed by atoms with E-state index in [-0.39, 0.29) is 17.9 Å². The van der Waals surface area contributed by atoms with Gasteiger partial charge in [-0.1, -0.05) is 18.2 Å². The summed E-state index contributed by atoms with van der Waals surface area (Å²) < 4.78 is 5.98. The smallest absolute Gasteiger partial charge is 0.254 e. The van der Waals surface area contributed by atoms with Crippen LogP contribution in [0.25, 0.3) is 0 Å². The summed E-state index contributed by atoms with van der Waals surface area (Å²) in [5, 5.41) is 0. The largest absolute Gasteiger partial charge is 0.491 e. The number of likely N-dealkylation sites (tertiary alicyclic amines) is 2. The fourth-order valence-electron chi connectivity index (χ4n) is 4.23. The monoisotopic (exact) mass is 392 g/mol. The number of benzene rings is 2. The molecule has 5 nitrogen and oxygen atoms in total. The fourth-order valence-corrected chi connectivity index (χ4v) is 4.23. The molecule has 2 saturated heterocycles. The van der Waals surface area contributed by atoms with Crippen molar-refractivity contribution in [3.05, 3.63) is 65.2 Å². The minimum Gasteiger partial charge on any atom is -0.491 e. The third-order valence-electron chi connectivity index (χ3n) is 5.95. The second kappa shape index (κ2) is 8.68. The fraction of sp³-hybridized carbons (Fsp3) is 0.417. The lowest BCUT2D eigenvalue weighted by molar-refractivity contribution is 0.0690. The van der Waals surface area contributed by atoms with E-state index in [0.29, 0.717) is 12.2 Å². The van der Waals surface area contributed by atoms with E-state index < -0.39 is 0 Å². The lowest BCUT2D eigenvalue weighted by atomic mass is 10.1. The van der Waals surface area contributed by atoms with Crippen LogP contribution in [0.3, 0.4) is 0 Å². The Hall–Kier alpha value is -2.82. The highest BCUT2D eigenvalue weighted by Crippen LogP contribution is 2.23. The quantitative estimate of drug-likeness (QED) is 0.775. The molecule has 29 heavy (non-hydrogen) atoms. The summed E-state index contributed by atoms with van der Waals surface area (Å²) in [6.45, 7) is 4.91. The number of aryl methyl sites for hydroxylation is 1. The molecule has 0 aromatic heterocycles. The van der Waals surface area contributed by atoms with Crippen LogP contribution in [0.1, 0.15) is 52.0 Å². The van der Waals surface area contributed by atoms with E-state index in [9.17, 15) is 9.59 Å². The zero-order valence-corrected chi connectivity index (χ0v) is 17.0. The highest BCUT2D eigenvalue weighted by atomic mass is 16.5. The Kier molecular flexibility index (Phi) is 5.84. The van der Waals surface area contributed by atoms with Gasteiger partial charge in [0.1, 0.15) is 12.4 Å². The Bertz CT molecular complexity index is 872. The molecule has 2 aromatic carbocycles. The van der Waals surface area contributed by atoms with Crippen LogP contribution in [-0.2, 0) is 0 Å². The van der Waals surface area contributed by atoms with Gasteiger partial charge in [0.05, 0.1) is 6.04 Å². The van der Waals surface area contributed by atoms with Gasteiger partial charge in [-0.05, 0) is 68.5 Å². The number of rotatable bonds is 5. The van der Waals surface area contributed by atoms with Crippen LogP contribution in [0.15, 0.2) is 48.5 Å². The van der Waals surface area contributed by atoms with E-state index in [2.05, 4.69) is 0 Å². The van der Waals surface area contributed by atoms with Crippen molar-refractivity contribution >= 4 is 11.8 Å². The van der Waals surface area contributed by atoms with E-state index >= 15 is 0 Å². The van der Waals surface area contributed by atoms with Gasteiger partial charge < -0.3 is 14.5 Å². The first-order chi connectivity index (χ1) is 14.1. The van der Waals surface area contributed by atoms with Crippen LogP contribution >= 0.6 is 0 Å². The van der Waals surface area contributed by atoms with Crippen molar-refractivity contribution in [2.45, 2.75) is 38.6 Å². The molecule has 152 valence electrons. The van der Waals surface area contributed by atoms with Crippen molar-refractivity contribution in [2.24, 2.45) is 0 Å². The van der Waals surface area contributed by atoms with Gasteiger partial charge in [0.2, 0.25) is 0 Å². The summed E-state index contributed by atoms with van der Waals surface area (Å²) in [4.78, 5) is 29.3. The highest BCUT2D eigenvalue weighted by Gasteiger charge is 2.30. The molecule has 0 bridgehead atoms. The number of ether oxygens (including phenoxy) is 1. The normalized spacial score (nSPS) is 18.9. The van der Waals surface area contributed by atoms with Gasteiger partial charge in [-0.25, -0.2) is 0 Å². The van der Waals surface area contributed by atoms with Crippen LogP contribution in [0.4, 0.5) is 0 Å². The van der Waals surface area contributed by atoms with Gasteiger partial charge in [0.25, 0.3) is 11.8 Å². The van der Waals surface area contributed by atoms with Crippen molar-refractivity contribution in [3.8, 4) is 5.75 Å². The number of hydrogen-bond acceptors (Lipinski definition) is 3. The van der Waals surface area contributed by atoms with Crippen LogP contribution in [0.2, 0.25) is 0 Å². The van der Waals surface area contributed by atoms with Crippen molar-refractivity contribution < 1.29 is 14.3 Å². The summed E-state index contributed by atoms with van der Waals surface area (Å²) >= 11 is 0. The standard InChI is InChI=1S/C24H28N2O3/c1-18-7-2-3-9-22(18)24(28)26-16-6-8-20(26)17-29-21-12-10-19(11-13-21)23(27)25-14-4-5-15-25/h2-3,7,9-13,20H,4-6,8,14-17H2,1H3/t20-/m1/s1. The molecule has 2 heterocycles. The van der Waals surface area contributed by atoms with Gasteiger partial charge in [-0.15, -0.1) is 0 Å². The predicted octanol–water partition coefficient (Wildman–Crippen LogP) is 3.91. The van der Waals surface area contributed by atoms with E-state index in [4.69, 9.17) is 4.74 Å². The van der Waals surface area contributed by atoms with Gasteiger partial charge in [-0.2, -0.15) is 0 Å². The highest BCUT2D eigenvalue weighted by molar-refractivity contribution is 5.96. The second-order valence-electron chi connectivity index (χ2n) is 7.94. The Morgan fingerprint density at radius 3 is 2.38 bits per heavy atom. The van der Waals surface area contributed by atoms with E-state index in [1.165, 1.54) is 0 Å². The van der Waals surface area contributed by atoms with Crippen molar-refractivity contribution in [1.82, 2.24) is 9.80 Å². The molecule has 2 aliphatic rings. The maximum Gasteiger partial charge on any atom is 0.254 e. The first kappa shape index (κ1) is 19.5.